The van der Waals surface area contributed by atoms with Gasteiger partial charge in [0, 0.05) is 45.1 Å². The van der Waals surface area contributed by atoms with Crippen molar-refractivity contribution in [3.05, 3.63) is 41.9 Å². The predicted molar refractivity (Wildman–Crippen MR) is 107 cm³/mol. The molecule has 0 fully saturated rings. The number of nitrogens with one attached hydrogen (secondary N) is 2. The molecule has 0 bridgehead atoms. The minimum atomic E-state index is 0. The molecule has 2 rings (SSSR count). The van der Waals surface area contributed by atoms with Crippen molar-refractivity contribution in [2.24, 2.45) is 0 Å². The average Bonchev–Trinajstić information content (AvgIpc) is 2.98. The number of carbonyl (C=O) groups excluding carboxylic acids is 1. The van der Waals surface area contributed by atoms with Gasteiger partial charge >= 0.3 is 0 Å². The molecule has 0 spiro atoms. The number of methoxy groups -OCH3 is 1. The third-order valence-corrected chi connectivity index (χ3v) is 3.55. The van der Waals surface area contributed by atoms with Crippen LogP contribution in [-0.4, -0.2) is 44.2 Å². The second-order valence-electron chi connectivity index (χ2n) is 5.48. The zero-order valence-electron chi connectivity index (χ0n) is 15.1. The van der Waals surface area contributed by atoms with Crippen LogP contribution >= 0.6 is 24.8 Å². The summed E-state index contributed by atoms with van der Waals surface area (Å²) in [4.78, 5) is 16.3. The fourth-order valence-corrected chi connectivity index (χ4v) is 2.31. The number of hydrogen-bond acceptors (Lipinski definition) is 5. The molecule has 0 saturated carbocycles. The van der Waals surface area contributed by atoms with Crippen LogP contribution in [0.4, 0.5) is 0 Å². The Bertz CT molecular complexity index is 636. The monoisotopic (exact) mass is 403 g/mol. The first-order valence-electron chi connectivity index (χ1n) is 8.18. The van der Waals surface area contributed by atoms with Crippen LogP contribution in [0.1, 0.15) is 18.0 Å². The van der Waals surface area contributed by atoms with Crippen molar-refractivity contribution in [3.63, 3.8) is 0 Å². The zero-order valence-corrected chi connectivity index (χ0v) is 16.8. The topological polar surface area (TPSA) is 76.4 Å². The maximum absolute atomic E-state index is 11.8. The van der Waals surface area contributed by atoms with Gasteiger partial charge in [-0.2, -0.15) is 0 Å². The Balaban J connectivity index is 0.00000312. The summed E-state index contributed by atoms with van der Waals surface area (Å²) in [6, 6.07) is 9.86. The van der Waals surface area contributed by atoms with Crippen molar-refractivity contribution in [3.8, 4) is 11.3 Å². The van der Waals surface area contributed by atoms with Crippen LogP contribution in [0.2, 0.25) is 0 Å². The molecular formula is C18H27Cl2N3O3. The van der Waals surface area contributed by atoms with Gasteiger partial charge in [0.15, 0.2) is 11.7 Å². The molecular weight excluding hydrogens is 377 g/mol. The lowest BCUT2D eigenvalue weighted by Gasteiger charge is -2.05. The first-order valence-corrected chi connectivity index (χ1v) is 8.18. The summed E-state index contributed by atoms with van der Waals surface area (Å²) in [5, 5.41) is 6.05. The van der Waals surface area contributed by atoms with Crippen LogP contribution in [0, 0.1) is 6.92 Å². The highest BCUT2D eigenvalue weighted by atomic mass is 35.5. The van der Waals surface area contributed by atoms with Crippen molar-refractivity contribution in [2.45, 2.75) is 19.8 Å². The third-order valence-electron chi connectivity index (χ3n) is 3.55. The average molecular weight is 404 g/mol. The molecule has 146 valence electrons. The first-order chi connectivity index (χ1) is 11.7. The molecule has 26 heavy (non-hydrogen) atoms. The van der Waals surface area contributed by atoms with Gasteiger partial charge in [-0.1, -0.05) is 30.3 Å². The van der Waals surface area contributed by atoms with Crippen molar-refractivity contribution in [2.75, 3.05) is 33.4 Å². The molecule has 0 unspecified atom stereocenters. The maximum Gasteiger partial charge on any atom is 0.220 e. The Morgan fingerprint density at radius 1 is 1.15 bits per heavy atom. The second-order valence-corrected chi connectivity index (χ2v) is 5.48. The van der Waals surface area contributed by atoms with Gasteiger partial charge in [0.25, 0.3) is 0 Å². The molecule has 1 heterocycles. The van der Waals surface area contributed by atoms with Gasteiger partial charge < -0.3 is 19.8 Å². The first kappa shape index (κ1) is 24.4. The number of ether oxygens (including phenoxy) is 1. The lowest BCUT2D eigenvalue weighted by molar-refractivity contribution is -0.121. The number of hydrogen-bond donors (Lipinski definition) is 2. The number of oxazole rings is 1. The molecule has 6 nitrogen and oxygen atoms in total. The van der Waals surface area contributed by atoms with E-state index in [1.165, 1.54) is 0 Å². The van der Waals surface area contributed by atoms with E-state index in [-0.39, 0.29) is 30.7 Å². The molecule has 0 aliphatic rings. The highest BCUT2D eigenvalue weighted by Crippen LogP contribution is 2.24. The van der Waals surface area contributed by atoms with E-state index in [0.29, 0.717) is 31.9 Å². The normalized spacial score (nSPS) is 9.92. The smallest absolute Gasteiger partial charge is 0.220 e. The second kappa shape index (κ2) is 13.6. The molecule has 2 N–H and O–H groups in total. The van der Waals surface area contributed by atoms with Crippen LogP contribution in [0.3, 0.4) is 0 Å². The van der Waals surface area contributed by atoms with E-state index in [0.717, 1.165) is 30.1 Å². The Morgan fingerprint density at radius 3 is 2.58 bits per heavy atom. The summed E-state index contributed by atoms with van der Waals surface area (Å²) >= 11 is 0. The van der Waals surface area contributed by atoms with Gasteiger partial charge in [-0.25, -0.2) is 4.98 Å². The fourth-order valence-electron chi connectivity index (χ4n) is 2.31. The molecule has 1 aromatic carbocycles. The Labute approximate surface area is 166 Å². The Morgan fingerprint density at radius 2 is 1.88 bits per heavy atom. The maximum atomic E-state index is 11.8. The quantitative estimate of drug-likeness (QED) is 0.596. The molecule has 8 heteroatoms. The third kappa shape index (κ3) is 8.19. The largest absolute Gasteiger partial charge is 0.440 e. The summed E-state index contributed by atoms with van der Waals surface area (Å²) in [5.41, 5.74) is 1.85. The Kier molecular flexibility index (Phi) is 12.7. The van der Waals surface area contributed by atoms with E-state index < -0.39 is 0 Å². The number of carbonyl (C=O) groups is 1. The van der Waals surface area contributed by atoms with Crippen LogP contribution in [0.5, 0.6) is 0 Å². The zero-order chi connectivity index (χ0) is 17.2. The lowest BCUT2D eigenvalue weighted by Crippen LogP contribution is -2.33. The van der Waals surface area contributed by atoms with E-state index >= 15 is 0 Å². The van der Waals surface area contributed by atoms with Gasteiger partial charge in [-0.05, 0) is 6.92 Å². The van der Waals surface area contributed by atoms with E-state index in [4.69, 9.17) is 9.15 Å². The summed E-state index contributed by atoms with van der Waals surface area (Å²) in [6.45, 7) is 4.69. The van der Waals surface area contributed by atoms with Gasteiger partial charge in [0.05, 0.1) is 12.3 Å². The number of aryl methyl sites for hydroxylation is 2. The standard InChI is InChI=1S/C18H25N3O3.2ClH/c1-14-18(15-6-4-3-5-7-15)24-17(21-14)9-8-16(22)20-11-10-19-12-13-23-2;;/h3-7,19H,8-13H2,1-2H3,(H,20,22);2*1H. The van der Waals surface area contributed by atoms with Gasteiger partial charge in [-0.15, -0.1) is 24.8 Å². The summed E-state index contributed by atoms with van der Waals surface area (Å²) in [7, 11) is 1.66. The van der Waals surface area contributed by atoms with Gasteiger partial charge in [-0.3, -0.25) is 4.79 Å². The fraction of sp³-hybridized carbons (Fsp3) is 0.444. The van der Waals surface area contributed by atoms with Crippen LogP contribution in [0.25, 0.3) is 11.3 Å². The van der Waals surface area contributed by atoms with Gasteiger partial charge in [0.2, 0.25) is 5.91 Å². The molecule has 2 aromatic rings. The number of aromatic nitrogens is 1. The predicted octanol–water partition coefficient (Wildman–Crippen LogP) is 2.78. The molecule has 0 aliphatic carbocycles. The van der Waals surface area contributed by atoms with E-state index in [1.807, 2.05) is 37.3 Å². The highest BCUT2D eigenvalue weighted by Gasteiger charge is 2.12. The van der Waals surface area contributed by atoms with Crippen molar-refractivity contribution >= 4 is 30.7 Å². The number of amides is 1. The van der Waals surface area contributed by atoms with Crippen LogP contribution in [-0.2, 0) is 16.0 Å². The van der Waals surface area contributed by atoms with Crippen molar-refractivity contribution in [1.29, 1.82) is 0 Å². The minimum Gasteiger partial charge on any atom is -0.440 e. The lowest BCUT2D eigenvalue weighted by atomic mass is 10.1. The molecule has 0 aliphatic heterocycles. The number of benzene rings is 1. The molecule has 1 amide bonds. The van der Waals surface area contributed by atoms with Gasteiger partial charge in [0.1, 0.15) is 0 Å². The summed E-state index contributed by atoms with van der Waals surface area (Å²) < 4.78 is 10.7. The molecule has 0 saturated heterocycles. The summed E-state index contributed by atoms with van der Waals surface area (Å²) in [5.74, 6) is 1.37. The van der Waals surface area contributed by atoms with E-state index in [1.54, 1.807) is 7.11 Å². The number of nitrogens with zero attached hydrogens (tertiary/aromatic N) is 1. The van der Waals surface area contributed by atoms with Crippen molar-refractivity contribution < 1.29 is 13.9 Å². The minimum absolute atomic E-state index is 0. The highest BCUT2D eigenvalue weighted by molar-refractivity contribution is 5.85. The van der Waals surface area contributed by atoms with E-state index in [9.17, 15) is 4.79 Å². The summed E-state index contributed by atoms with van der Waals surface area (Å²) in [6.07, 6.45) is 0.864. The Hall–Kier alpha value is -1.60. The molecule has 1 aromatic heterocycles. The molecule has 0 radical (unpaired) electrons. The SMILES string of the molecule is COCCNCCNC(=O)CCc1nc(C)c(-c2ccccc2)o1.Cl.Cl. The molecule has 0 atom stereocenters. The van der Waals surface area contributed by atoms with Crippen molar-refractivity contribution in [1.82, 2.24) is 15.6 Å². The van der Waals surface area contributed by atoms with E-state index in [2.05, 4.69) is 15.6 Å². The number of rotatable bonds is 10. The van der Waals surface area contributed by atoms with Crippen LogP contribution in [0.15, 0.2) is 34.7 Å². The van der Waals surface area contributed by atoms with Crippen LogP contribution < -0.4 is 10.6 Å². The number of halogens is 2.